The minimum absolute atomic E-state index is 0.0816. The van der Waals surface area contributed by atoms with E-state index in [2.05, 4.69) is 70.5 Å². The molecule has 0 fully saturated rings. The number of ketones is 1. The van der Waals surface area contributed by atoms with E-state index >= 15 is 0 Å². The first-order valence-corrected chi connectivity index (χ1v) is 11.9. The van der Waals surface area contributed by atoms with Crippen LogP contribution in [0.3, 0.4) is 0 Å². The van der Waals surface area contributed by atoms with Crippen LogP contribution >= 0.6 is 0 Å². The first kappa shape index (κ1) is 22.4. The molecule has 0 amide bonds. The lowest BCUT2D eigenvalue weighted by molar-refractivity contribution is -0.119. The minimum atomic E-state index is -0.567. The van der Waals surface area contributed by atoms with E-state index in [0.29, 0.717) is 12.4 Å². The number of rotatable bonds is 4. The number of anilines is 2. The molecule has 0 bridgehead atoms. The van der Waals surface area contributed by atoms with E-state index in [1.807, 2.05) is 38.1 Å². The molecule has 2 aliphatic heterocycles. The quantitative estimate of drug-likeness (QED) is 0.663. The Balaban J connectivity index is 1.67. The molecule has 3 heterocycles. The summed E-state index contributed by atoms with van der Waals surface area (Å²) in [5, 5.41) is 12.3. The third-order valence-corrected chi connectivity index (χ3v) is 7.31. The van der Waals surface area contributed by atoms with Gasteiger partial charge in [-0.1, -0.05) is 32.9 Å². The molecular formula is C27H32N6O. The minimum Gasteiger partial charge on any atom is -0.362 e. The van der Waals surface area contributed by atoms with Crippen molar-refractivity contribution in [2.24, 2.45) is 15.6 Å². The van der Waals surface area contributed by atoms with Gasteiger partial charge in [-0.05, 0) is 55.9 Å². The van der Waals surface area contributed by atoms with Gasteiger partial charge in [0.25, 0.3) is 0 Å². The Morgan fingerprint density at radius 3 is 2.56 bits per heavy atom. The lowest BCUT2D eigenvalue weighted by atomic mass is 9.59. The van der Waals surface area contributed by atoms with Gasteiger partial charge in [-0.15, -0.1) is 0 Å². The van der Waals surface area contributed by atoms with E-state index in [9.17, 15) is 4.79 Å². The summed E-state index contributed by atoms with van der Waals surface area (Å²) in [6.45, 7) is 10.4. The van der Waals surface area contributed by atoms with Crippen LogP contribution in [0.1, 0.15) is 57.0 Å². The number of allylic oxidation sites excluding steroid dienone is 2. The second-order valence-corrected chi connectivity index (χ2v) is 10.5. The third kappa shape index (κ3) is 3.45. The Hall–Kier alpha value is -3.35. The van der Waals surface area contributed by atoms with Gasteiger partial charge in [0.1, 0.15) is 0 Å². The van der Waals surface area contributed by atoms with Gasteiger partial charge in [0.2, 0.25) is 5.95 Å². The average molecular weight is 457 g/mol. The summed E-state index contributed by atoms with van der Waals surface area (Å²) in [5.74, 6) is 0.868. The molecule has 34 heavy (non-hydrogen) atoms. The van der Waals surface area contributed by atoms with Gasteiger partial charge in [-0.25, -0.2) is 9.97 Å². The zero-order valence-corrected chi connectivity index (χ0v) is 20.8. The van der Waals surface area contributed by atoms with Crippen LogP contribution in [0.2, 0.25) is 0 Å². The summed E-state index contributed by atoms with van der Waals surface area (Å²) in [7, 11) is 1.98. The molecule has 0 spiro atoms. The number of aryl methyl sites for hydroxylation is 2. The first-order chi connectivity index (χ1) is 16.1. The number of aromatic nitrogens is 2. The fraction of sp³-hybridized carbons (Fsp3) is 0.444. The van der Waals surface area contributed by atoms with E-state index in [1.165, 1.54) is 0 Å². The van der Waals surface area contributed by atoms with Crippen molar-refractivity contribution >= 4 is 17.4 Å². The Morgan fingerprint density at radius 2 is 1.85 bits per heavy atom. The van der Waals surface area contributed by atoms with Crippen LogP contribution in [-0.4, -0.2) is 29.0 Å². The molecule has 2 aromatic rings. The highest BCUT2D eigenvalue weighted by Crippen LogP contribution is 2.54. The fourth-order valence-electron chi connectivity index (χ4n) is 5.84. The van der Waals surface area contributed by atoms with Gasteiger partial charge < -0.3 is 10.2 Å². The molecule has 2 unspecified atom stereocenters. The number of carbonyl (C=O) groups excluding carboxylic acids is 1. The summed E-state index contributed by atoms with van der Waals surface area (Å²) in [6, 6.07) is 10.4. The molecular weight excluding hydrogens is 424 g/mol. The number of nitrogens with one attached hydrogen (secondary N) is 1. The molecule has 0 saturated carbocycles. The predicted octanol–water partition coefficient (Wildman–Crippen LogP) is 5.43. The summed E-state index contributed by atoms with van der Waals surface area (Å²) in [5.41, 5.74) is 6.21. The van der Waals surface area contributed by atoms with Crippen molar-refractivity contribution in [2.75, 3.05) is 11.9 Å². The topological polar surface area (TPSA) is 82.8 Å². The van der Waals surface area contributed by atoms with Crippen molar-refractivity contribution in [1.29, 1.82) is 0 Å². The molecule has 7 nitrogen and oxygen atoms in total. The number of benzene rings is 1. The smallest absolute Gasteiger partial charge is 0.230 e. The zero-order valence-electron chi connectivity index (χ0n) is 20.8. The Morgan fingerprint density at radius 1 is 1.12 bits per heavy atom. The lowest BCUT2D eigenvalue weighted by Gasteiger charge is -2.48. The largest absolute Gasteiger partial charge is 0.362 e. The maximum atomic E-state index is 13.7. The Kier molecular flexibility index (Phi) is 5.19. The van der Waals surface area contributed by atoms with Crippen molar-refractivity contribution in [3.05, 3.63) is 70.3 Å². The monoisotopic (exact) mass is 456 g/mol. The highest BCUT2D eigenvalue weighted by molar-refractivity contribution is 6.01. The molecule has 7 heteroatoms. The fourth-order valence-corrected chi connectivity index (χ4v) is 5.84. The number of hydrogen-bond donors (Lipinski definition) is 1. The number of fused-ring (bicyclic) bond motifs is 1. The second-order valence-electron chi connectivity index (χ2n) is 10.5. The van der Waals surface area contributed by atoms with Crippen LogP contribution in [0.5, 0.6) is 0 Å². The molecule has 5 rings (SSSR count). The molecule has 1 aromatic heterocycles. The van der Waals surface area contributed by atoms with E-state index in [0.717, 1.165) is 52.3 Å². The summed E-state index contributed by atoms with van der Waals surface area (Å²) in [4.78, 5) is 25.0. The van der Waals surface area contributed by atoms with E-state index in [4.69, 9.17) is 0 Å². The number of nitrogens with zero attached hydrogens (tertiary/aromatic N) is 5. The van der Waals surface area contributed by atoms with Crippen molar-refractivity contribution < 1.29 is 4.79 Å². The highest BCUT2D eigenvalue weighted by atomic mass is 16.1. The summed E-state index contributed by atoms with van der Waals surface area (Å²) >= 11 is 0. The van der Waals surface area contributed by atoms with Crippen LogP contribution in [0.25, 0.3) is 0 Å². The Bertz CT molecular complexity index is 1250. The van der Waals surface area contributed by atoms with Crippen molar-refractivity contribution in [3.8, 4) is 0 Å². The molecule has 3 aliphatic rings. The number of carbonyl (C=O) groups is 1. The standard InChI is InChI=1S/C27H32N6O/c1-7-27(18-9-8-10-19(12-18)33(6)25-29-16(2)11-17(3)30-25)20-15-28-32-24(20)31-21-13-26(4,5)14-22(34)23(21)27/h8-12,15,24,31H,7,13-14H2,1-6H3. The van der Waals surface area contributed by atoms with Crippen LogP contribution in [0, 0.1) is 19.3 Å². The van der Waals surface area contributed by atoms with Crippen LogP contribution in [0.15, 0.2) is 63.6 Å². The molecule has 1 aliphatic carbocycles. The molecule has 1 aromatic carbocycles. The van der Waals surface area contributed by atoms with Gasteiger partial charge in [-0.2, -0.15) is 10.2 Å². The Labute approximate surface area is 201 Å². The maximum Gasteiger partial charge on any atom is 0.230 e. The van der Waals surface area contributed by atoms with E-state index in [-0.39, 0.29) is 17.4 Å². The summed E-state index contributed by atoms with van der Waals surface area (Å²) in [6.07, 6.45) is 3.73. The second kappa shape index (κ2) is 7.86. The van der Waals surface area contributed by atoms with E-state index in [1.54, 1.807) is 0 Å². The lowest BCUT2D eigenvalue weighted by Crippen LogP contribution is -2.51. The normalized spacial score (nSPS) is 24.9. The van der Waals surface area contributed by atoms with Crippen molar-refractivity contribution in [1.82, 2.24) is 15.3 Å². The van der Waals surface area contributed by atoms with Gasteiger partial charge in [-0.3, -0.25) is 4.79 Å². The number of hydrogen-bond acceptors (Lipinski definition) is 7. The average Bonchev–Trinajstić information content (AvgIpc) is 3.24. The highest BCUT2D eigenvalue weighted by Gasteiger charge is 2.53. The predicted molar refractivity (Wildman–Crippen MR) is 133 cm³/mol. The number of Topliss-reactive ketones (excluding diaryl/α,β-unsaturated/α-hetero) is 1. The SMILES string of the molecule is CCC1(c2cccc(N(C)c3nc(C)cc(C)n3)c2)C2=CN=NC2NC2=C1C(=O)CC(C)(C)C2. The molecule has 1 N–H and O–H groups in total. The van der Waals surface area contributed by atoms with Crippen LogP contribution in [0.4, 0.5) is 11.6 Å². The molecule has 0 radical (unpaired) electrons. The molecule has 176 valence electrons. The maximum absolute atomic E-state index is 13.7. The zero-order chi connectivity index (χ0) is 24.3. The van der Waals surface area contributed by atoms with Crippen molar-refractivity contribution in [3.63, 3.8) is 0 Å². The third-order valence-electron chi connectivity index (χ3n) is 7.31. The van der Waals surface area contributed by atoms with E-state index < -0.39 is 5.41 Å². The first-order valence-electron chi connectivity index (χ1n) is 11.9. The van der Waals surface area contributed by atoms with Gasteiger partial charge in [0, 0.05) is 47.4 Å². The number of azo groups is 1. The van der Waals surface area contributed by atoms with Gasteiger partial charge in [0.05, 0.1) is 11.6 Å². The molecule has 0 saturated heterocycles. The van der Waals surface area contributed by atoms with Crippen LogP contribution in [-0.2, 0) is 10.2 Å². The van der Waals surface area contributed by atoms with Gasteiger partial charge >= 0.3 is 0 Å². The molecule has 2 atom stereocenters. The van der Waals surface area contributed by atoms with Gasteiger partial charge in [0.15, 0.2) is 11.9 Å². The summed E-state index contributed by atoms with van der Waals surface area (Å²) < 4.78 is 0. The van der Waals surface area contributed by atoms with Crippen molar-refractivity contribution in [2.45, 2.75) is 65.5 Å². The van der Waals surface area contributed by atoms with Crippen LogP contribution < -0.4 is 10.2 Å².